The predicted octanol–water partition coefficient (Wildman–Crippen LogP) is 6.69. The Bertz CT molecular complexity index is 1470. The maximum absolute atomic E-state index is 13.7. The van der Waals surface area contributed by atoms with Gasteiger partial charge in [0.05, 0.1) is 41.6 Å². The maximum Gasteiger partial charge on any atom is 0.418 e. The Kier molecular flexibility index (Phi) is 7.17. The lowest BCUT2D eigenvalue weighted by molar-refractivity contribution is -0.138. The molecule has 1 aliphatic rings. The molecule has 12 heteroatoms. The molecule has 0 unspecified atom stereocenters. The monoisotopic (exact) mass is 547 g/mol. The van der Waals surface area contributed by atoms with Gasteiger partial charge in [-0.05, 0) is 55.5 Å². The standard InChI is InChI=1S/C27H23F6N5O/c1-16-14-38(11-12-39-16)15-23-36-22-13-17(24-21(27(31,32)33)3-2-10-34-24)4-9-20(22)25(37-23)35-19-7-5-18(6-8-19)26(28,29)30/h2-10,13,16H,11-12,14-15H2,1H3,(H,35,36,37)/t16-/m0/s1. The van der Waals surface area contributed by atoms with E-state index in [1.165, 1.54) is 36.5 Å². The minimum atomic E-state index is -4.60. The molecule has 3 heterocycles. The number of benzene rings is 2. The van der Waals surface area contributed by atoms with Gasteiger partial charge in [-0.2, -0.15) is 26.3 Å². The minimum absolute atomic E-state index is 0.0143. The average Bonchev–Trinajstić information content (AvgIpc) is 2.88. The van der Waals surface area contributed by atoms with Gasteiger partial charge in [0, 0.05) is 35.9 Å². The minimum Gasteiger partial charge on any atom is -0.376 e. The van der Waals surface area contributed by atoms with Crippen LogP contribution in [0.2, 0.25) is 0 Å². The highest BCUT2D eigenvalue weighted by molar-refractivity contribution is 5.93. The van der Waals surface area contributed by atoms with Crippen LogP contribution in [0.25, 0.3) is 22.2 Å². The van der Waals surface area contributed by atoms with E-state index in [-0.39, 0.29) is 17.4 Å². The van der Waals surface area contributed by atoms with Gasteiger partial charge in [-0.3, -0.25) is 9.88 Å². The van der Waals surface area contributed by atoms with Crippen LogP contribution in [0, 0.1) is 0 Å². The van der Waals surface area contributed by atoms with Gasteiger partial charge in [-0.15, -0.1) is 0 Å². The normalized spacial score (nSPS) is 16.9. The van der Waals surface area contributed by atoms with Crippen LogP contribution in [0.15, 0.2) is 60.8 Å². The number of alkyl halides is 6. The Labute approximate surface area is 219 Å². The van der Waals surface area contributed by atoms with Gasteiger partial charge in [0.1, 0.15) is 11.6 Å². The first-order valence-corrected chi connectivity index (χ1v) is 12.1. The first kappa shape index (κ1) is 26.8. The summed E-state index contributed by atoms with van der Waals surface area (Å²) in [5.41, 5.74) is -0.937. The highest BCUT2D eigenvalue weighted by atomic mass is 19.4. The summed E-state index contributed by atoms with van der Waals surface area (Å²) in [6.45, 7) is 4.13. The van der Waals surface area contributed by atoms with E-state index in [2.05, 4.69) is 25.2 Å². The van der Waals surface area contributed by atoms with Crippen molar-refractivity contribution in [3.8, 4) is 11.3 Å². The number of rotatable bonds is 5. The van der Waals surface area contributed by atoms with Crippen molar-refractivity contribution in [2.45, 2.75) is 31.9 Å². The molecule has 4 aromatic rings. The summed E-state index contributed by atoms with van der Waals surface area (Å²) < 4.78 is 85.6. The molecule has 1 fully saturated rings. The fraction of sp³-hybridized carbons (Fsp3) is 0.296. The number of morpholine rings is 1. The van der Waals surface area contributed by atoms with Gasteiger partial charge in [0.15, 0.2) is 0 Å². The van der Waals surface area contributed by atoms with Crippen LogP contribution in [0.4, 0.5) is 37.8 Å². The molecule has 2 aromatic carbocycles. The van der Waals surface area contributed by atoms with Crippen molar-refractivity contribution in [3.63, 3.8) is 0 Å². The third-order valence-electron chi connectivity index (χ3n) is 6.29. The SMILES string of the molecule is C[C@H]1CN(Cc2nc(Nc3ccc(C(F)(F)F)cc3)c3ccc(-c4ncccc4C(F)(F)F)cc3n2)CCO1. The second-order valence-electron chi connectivity index (χ2n) is 9.23. The molecule has 204 valence electrons. The van der Waals surface area contributed by atoms with Gasteiger partial charge < -0.3 is 10.1 Å². The van der Waals surface area contributed by atoms with E-state index in [1.807, 2.05) is 6.92 Å². The van der Waals surface area contributed by atoms with E-state index in [9.17, 15) is 26.3 Å². The molecule has 0 bridgehead atoms. The second kappa shape index (κ2) is 10.4. The van der Waals surface area contributed by atoms with Crippen LogP contribution < -0.4 is 5.32 Å². The van der Waals surface area contributed by atoms with Crippen molar-refractivity contribution in [2.24, 2.45) is 0 Å². The van der Waals surface area contributed by atoms with E-state index in [1.54, 1.807) is 6.07 Å². The number of hydrogen-bond donors (Lipinski definition) is 1. The first-order chi connectivity index (χ1) is 18.5. The van der Waals surface area contributed by atoms with E-state index < -0.39 is 23.5 Å². The number of halogens is 6. The van der Waals surface area contributed by atoms with Gasteiger partial charge in [0.2, 0.25) is 0 Å². The zero-order chi connectivity index (χ0) is 27.8. The molecule has 0 aliphatic carbocycles. The van der Waals surface area contributed by atoms with E-state index in [0.29, 0.717) is 54.5 Å². The van der Waals surface area contributed by atoms with E-state index >= 15 is 0 Å². The van der Waals surface area contributed by atoms with E-state index in [0.717, 1.165) is 18.2 Å². The molecule has 1 N–H and O–H groups in total. The second-order valence-corrected chi connectivity index (χ2v) is 9.23. The number of hydrogen-bond acceptors (Lipinski definition) is 6. The highest BCUT2D eigenvalue weighted by Crippen LogP contribution is 2.37. The van der Waals surface area contributed by atoms with Crippen LogP contribution in [-0.4, -0.2) is 45.7 Å². The summed E-state index contributed by atoms with van der Waals surface area (Å²) in [6.07, 6.45) is -7.77. The Morgan fingerprint density at radius 1 is 0.974 bits per heavy atom. The molecule has 0 saturated carbocycles. The smallest absolute Gasteiger partial charge is 0.376 e. The van der Waals surface area contributed by atoms with Crippen molar-refractivity contribution < 1.29 is 31.1 Å². The third kappa shape index (κ3) is 6.12. The predicted molar refractivity (Wildman–Crippen MR) is 133 cm³/mol. The summed E-state index contributed by atoms with van der Waals surface area (Å²) in [5, 5.41) is 3.54. The Balaban J connectivity index is 1.57. The van der Waals surface area contributed by atoms with Crippen molar-refractivity contribution in [1.82, 2.24) is 19.9 Å². The van der Waals surface area contributed by atoms with Crippen molar-refractivity contribution in [2.75, 3.05) is 25.0 Å². The average molecular weight is 548 g/mol. The van der Waals surface area contributed by atoms with Crippen molar-refractivity contribution in [1.29, 1.82) is 0 Å². The third-order valence-corrected chi connectivity index (χ3v) is 6.29. The van der Waals surface area contributed by atoms with Gasteiger partial charge in [-0.1, -0.05) is 6.07 Å². The number of nitrogens with one attached hydrogen (secondary N) is 1. The lowest BCUT2D eigenvalue weighted by Crippen LogP contribution is -2.40. The summed E-state index contributed by atoms with van der Waals surface area (Å²) in [5.74, 6) is 0.722. The molecular weight excluding hydrogens is 524 g/mol. The molecule has 39 heavy (non-hydrogen) atoms. The summed E-state index contributed by atoms with van der Waals surface area (Å²) in [6, 6.07) is 11.3. The Morgan fingerprint density at radius 3 is 2.44 bits per heavy atom. The van der Waals surface area contributed by atoms with Gasteiger partial charge in [0.25, 0.3) is 0 Å². The summed E-state index contributed by atoms with van der Waals surface area (Å²) in [4.78, 5) is 15.3. The van der Waals surface area contributed by atoms with Crippen molar-refractivity contribution >= 4 is 22.4 Å². The number of nitrogens with zero attached hydrogens (tertiary/aromatic N) is 4. The molecule has 0 spiro atoms. The number of anilines is 2. The molecule has 1 aliphatic heterocycles. The van der Waals surface area contributed by atoms with Crippen molar-refractivity contribution in [3.05, 3.63) is 77.7 Å². The molecular formula is C27H23F6N5O. The number of aromatic nitrogens is 3. The lowest BCUT2D eigenvalue weighted by Gasteiger charge is -2.30. The molecule has 0 radical (unpaired) electrons. The summed E-state index contributed by atoms with van der Waals surface area (Å²) in [7, 11) is 0. The van der Waals surface area contributed by atoms with Gasteiger partial charge >= 0.3 is 12.4 Å². The van der Waals surface area contributed by atoms with Crippen LogP contribution in [0.5, 0.6) is 0 Å². The summed E-state index contributed by atoms with van der Waals surface area (Å²) >= 11 is 0. The number of fused-ring (bicyclic) bond motifs is 1. The Hall–Kier alpha value is -3.77. The highest BCUT2D eigenvalue weighted by Gasteiger charge is 2.34. The zero-order valence-corrected chi connectivity index (χ0v) is 20.6. The fourth-order valence-electron chi connectivity index (χ4n) is 4.47. The van der Waals surface area contributed by atoms with Crippen LogP contribution >= 0.6 is 0 Å². The molecule has 1 atom stereocenters. The number of pyridine rings is 1. The van der Waals surface area contributed by atoms with Crippen LogP contribution in [0.1, 0.15) is 23.9 Å². The topological polar surface area (TPSA) is 63.2 Å². The number of ether oxygens (including phenoxy) is 1. The van der Waals surface area contributed by atoms with Crippen LogP contribution in [0.3, 0.4) is 0 Å². The quantitative estimate of drug-likeness (QED) is 0.281. The molecule has 2 aromatic heterocycles. The molecule has 0 amide bonds. The van der Waals surface area contributed by atoms with Gasteiger partial charge in [-0.25, -0.2) is 9.97 Å². The first-order valence-electron chi connectivity index (χ1n) is 12.1. The Morgan fingerprint density at radius 2 is 1.74 bits per heavy atom. The molecule has 1 saturated heterocycles. The maximum atomic E-state index is 13.7. The van der Waals surface area contributed by atoms with Crippen LogP contribution in [-0.2, 0) is 23.6 Å². The van der Waals surface area contributed by atoms with E-state index in [4.69, 9.17) is 4.74 Å². The molecule has 5 rings (SSSR count). The zero-order valence-electron chi connectivity index (χ0n) is 20.6. The lowest BCUT2D eigenvalue weighted by atomic mass is 10.0. The largest absolute Gasteiger partial charge is 0.418 e. The molecule has 6 nitrogen and oxygen atoms in total. The fourth-order valence-corrected chi connectivity index (χ4v) is 4.47.